The summed E-state index contributed by atoms with van der Waals surface area (Å²) in [6, 6.07) is 9.51. The van der Waals surface area contributed by atoms with E-state index >= 15 is 0 Å². The molecule has 0 radical (unpaired) electrons. The van der Waals surface area contributed by atoms with Crippen LogP contribution in [0.15, 0.2) is 30.3 Å². The molecular weight excluding hydrogens is 236 g/mol. The van der Waals surface area contributed by atoms with Gasteiger partial charge in [-0.3, -0.25) is 4.79 Å². The zero-order valence-corrected chi connectivity index (χ0v) is 11.4. The second-order valence-electron chi connectivity index (χ2n) is 4.83. The number of hydrogen-bond acceptors (Lipinski definition) is 3. The Morgan fingerprint density at radius 1 is 1.00 bits per heavy atom. The van der Waals surface area contributed by atoms with Crippen molar-refractivity contribution in [3.63, 3.8) is 0 Å². The van der Waals surface area contributed by atoms with Gasteiger partial charge in [-0.05, 0) is 61.2 Å². The van der Waals surface area contributed by atoms with Crippen LogP contribution in [0.4, 0.5) is 11.4 Å². The van der Waals surface area contributed by atoms with E-state index in [0.29, 0.717) is 11.3 Å². The highest BCUT2D eigenvalue weighted by Gasteiger charge is 2.14. The van der Waals surface area contributed by atoms with Crippen molar-refractivity contribution in [3.05, 3.63) is 47.0 Å². The first kappa shape index (κ1) is 13.1. The van der Waals surface area contributed by atoms with E-state index in [0.717, 1.165) is 27.9 Å². The standard InChI is InChI=1S/C16H18N2O/c1-9-8-12(4-6-14(9)17)13-5-7-15(18)10(2)16(13)11(3)19/h4-8H,17-18H2,1-3H3. The van der Waals surface area contributed by atoms with Crippen LogP contribution in [0.25, 0.3) is 11.1 Å². The summed E-state index contributed by atoms with van der Waals surface area (Å²) in [5.74, 6) is 0.0225. The van der Waals surface area contributed by atoms with Crippen molar-refractivity contribution in [1.82, 2.24) is 0 Å². The Labute approximate surface area is 113 Å². The van der Waals surface area contributed by atoms with E-state index in [1.165, 1.54) is 0 Å². The molecule has 2 aromatic rings. The largest absolute Gasteiger partial charge is 0.399 e. The Morgan fingerprint density at radius 3 is 2.21 bits per heavy atom. The first-order valence-corrected chi connectivity index (χ1v) is 6.18. The minimum Gasteiger partial charge on any atom is -0.399 e. The van der Waals surface area contributed by atoms with Gasteiger partial charge < -0.3 is 11.5 Å². The maximum Gasteiger partial charge on any atom is 0.160 e. The summed E-state index contributed by atoms with van der Waals surface area (Å²) in [4.78, 5) is 11.9. The summed E-state index contributed by atoms with van der Waals surface area (Å²) in [6.45, 7) is 5.39. The highest BCUT2D eigenvalue weighted by Crippen LogP contribution is 2.31. The molecule has 0 aromatic heterocycles. The summed E-state index contributed by atoms with van der Waals surface area (Å²) < 4.78 is 0. The van der Waals surface area contributed by atoms with Crippen LogP contribution < -0.4 is 11.5 Å². The number of carbonyl (C=O) groups is 1. The van der Waals surface area contributed by atoms with Gasteiger partial charge in [0.15, 0.2) is 5.78 Å². The Hall–Kier alpha value is -2.29. The molecule has 0 saturated heterocycles. The van der Waals surface area contributed by atoms with Gasteiger partial charge in [0.1, 0.15) is 0 Å². The monoisotopic (exact) mass is 254 g/mol. The smallest absolute Gasteiger partial charge is 0.160 e. The quantitative estimate of drug-likeness (QED) is 0.638. The summed E-state index contributed by atoms with van der Waals surface area (Å²) >= 11 is 0. The highest BCUT2D eigenvalue weighted by atomic mass is 16.1. The van der Waals surface area contributed by atoms with Crippen molar-refractivity contribution in [3.8, 4) is 11.1 Å². The zero-order chi connectivity index (χ0) is 14.2. The van der Waals surface area contributed by atoms with Crippen molar-refractivity contribution in [2.45, 2.75) is 20.8 Å². The van der Waals surface area contributed by atoms with E-state index in [9.17, 15) is 4.79 Å². The lowest BCUT2D eigenvalue weighted by atomic mass is 9.92. The zero-order valence-electron chi connectivity index (χ0n) is 11.4. The Bertz CT molecular complexity index is 660. The molecule has 0 aliphatic rings. The summed E-state index contributed by atoms with van der Waals surface area (Å²) in [6.07, 6.45) is 0. The van der Waals surface area contributed by atoms with Gasteiger partial charge in [-0.1, -0.05) is 12.1 Å². The number of nitrogens with two attached hydrogens (primary N) is 2. The molecule has 4 N–H and O–H groups in total. The molecule has 98 valence electrons. The summed E-state index contributed by atoms with van der Waals surface area (Å²) in [5, 5.41) is 0. The molecule has 3 nitrogen and oxygen atoms in total. The number of nitrogen functional groups attached to an aromatic ring is 2. The number of hydrogen-bond donors (Lipinski definition) is 2. The minimum atomic E-state index is 0.0225. The number of anilines is 2. The second-order valence-corrected chi connectivity index (χ2v) is 4.83. The van der Waals surface area contributed by atoms with E-state index in [2.05, 4.69) is 0 Å². The summed E-state index contributed by atoms with van der Waals surface area (Å²) in [5.41, 5.74) is 17.5. The van der Waals surface area contributed by atoms with Crippen molar-refractivity contribution in [2.24, 2.45) is 0 Å². The molecule has 0 fully saturated rings. The SMILES string of the molecule is CC(=O)c1c(-c2ccc(N)c(C)c2)ccc(N)c1C. The third-order valence-corrected chi connectivity index (χ3v) is 3.44. The van der Waals surface area contributed by atoms with Gasteiger partial charge in [0.25, 0.3) is 0 Å². The lowest BCUT2D eigenvalue weighted by Gasteiger charge is -2.13. The van der Waals surface area contributed by atoms with Crippen LogP contribution >= 0.6 is 0 Å². The number of aryl methyl sites for hydroxylation is 1. The van der Waals surface area contributed by atoms with Gasteiger partial charge in [0.2, 0.25) is 0 Å². The molecule has 2 rings (SSSR count). The van der Waals surface area contributed by atoms with Crippen molar-refractivity contribution >= 4 is 17.2 Å². The van der Waals surface area contributed by atoms with E-state index in [1.807, 2.05) is 44.2 Å². The van der Waals surface area contributed by atoms with Gasteiger partial charge >= 0.3 is 0 Å². The molecule has 0 saturated carbocycles. The molecule has 0 aliphatic heterocycles. The van der Waals surface area contributed by atoms with Crippen molar-refractivity contribution < 1.29 is 4.79 Å². The van der Waals surface area contributed by atoms with E-state index in [1.54, 1.807) is 6.92 Å². The minimum absolute atomic E-state index is 0.0225. The van der Waals surface area contributed by atoms with E-state index < -0.39 is 0 Å². The highest BCUT2D eigenvalue weighted by molar-refractivity contribution is 6.03. The average Bonchev–Trinajstić information content (AvgIpc) is 2.35. The molecule has 0 spiro atoms. The number of rotatable bonds is 2. The maximum atomic E-state index is 11.9. The third-order valence-electron chi connectivity index (χ3n) is 3.44. The first-order valence-electron chi connectivity index (χ1n) is 6.18. The maximum absolute atomic E-state index is 11.9. The number of Topliss-reactive ketones (excluding diaryl/α,β-unsaturated/α-hetero) is 1. The fourth-order valence-electron chi connectivity index (χ4n) is 2.27. The molecule has 0 aliphatic carbocycles. The van der Waals surface area contributed by atoms with Crippen molar-refractivity contribution in [2.75, 3.05) is 11.5 Å². The molecule has 0 bridgehead atoms. The van der Waals surface area contributed by atoms with Crippen molar-refractivity contribution in [1.29, 1.82) is 0 Å². The third kappa shape index (κ3) is 2.32. The van der Waals surface area contributed by atoms with Crippen LogP contribution in [0.2, 0.25) is 0 Å². The lowest BCUT2D eigenvalue weighted by Crippen LogP contribution is -2.03. The molecule has 3 heteroatoms. The number of carbonyl (C=O) groups excluding carboxylic acids is 1. The van der Waals surface area contributed by atoms with Crippen LogP contribution in [-0.4, -0.2) is 5.78 Å². The molecule has 0 atom stereocenters. The molecule has 19 heavy (non-hydrogen) atoms. The average molecular weight is 254 g/mol. The first-order chi connectivity index (χ1) is 8.91. The summed E-state index contributed by atoms with van der Waals surface area (Å²) in [7, 11) is 0. The Morgan fingerprint density at radius 2 is 1.63 bits per heavy atom. The fourth-order valence-corrected chi connectivity index (χ4v) is 2.27. The normalized spacial score (nSPS) is 10.5. The van der Waals surface area contributed by atoms with Crippen LogP contribution in [0.3, 0.4) is 0 Å². The van der Waals surface area contributed by atoms with Crippen LogP contribution in [0.1, 0.15) is 28.4 Å². The second kappa shape index (κ2) is 4.76. The van der Waals surface area contributed by atoms with E-state index in [4.69, 9.17) is 11.5 Å². The van der Waals surface area contributed by atoms with Crippen LogP contribution in [0.5, 0.6) is 0 Å². The molecule has 0 amide bonds. The lowest BCUT2D eigenvalue weighted by molar-refractivity contribution is 0.101. The van der Waals surface area contributed by atoms with Gasteiger partial charge in [-0.15, -0.1) is 0 Å². The predicted molar refractivity (Wildman–Crippen MR) is 80.2 cm³/mol. The predicted octanol–water partition coefficient (Wildman–Crippen LogP) is 3.34. The van der Waals surface area contributed by atoms with Crippen LogP contribution in [0, 0.1) is 13.8 Å². The molecule has 2 aromatic carbocycles. The van der Waals surface area contributed by atoms with Crippen LogP contribution in [-0.2, 0) is 0 Å². The Kier molecular flexibility index (Phi) is 3.30. The van der Waals surface area contributed by atoms with Gasteiger partial charge in [-0.25, -0.2) is 0 Å². The number of benzene rings is 2. The van der Waals surface area contributed by atoms with Gasteiger partial charge in [0, 0.05) is 16.9 Å². The number of ketones is 1. The fraction of sp³-hybridized carbons (Fsp3) is 0.188. The van der Waals surface area contributed by atoms with Gasteiger partial charge in [-0.2, -0.15) is 0 Å². The van der Waals surface area contributed by atoms with Gasteiger partial charge in [0.05, 0.1) is 0 Å². The Balaban J connectivity index is 2.71. The molecule has 0 heterocycles. The molecular formula is C16H18N2O. The topological polar surface area (TPSA) is 69.1 Å². The molecule has 0 unspecified atom stereocenters. The van der Waals surface area contributed by atoms with E-state index in [-0.39, 0.29) is 5.78 Å².